The van der Waals surface area contributed by atoms with Crippen molar-refractivity contribution in [1.29, 1.82) is 0 Å². The van der Waals surface area contributed by atoms with E-state index in [0.29, 0.717) is 35.8 Å². The van der Waals surface area contributed by atoms with E-state index in [-0.39, 0.29) is 18.1 Å². The third-order valence-corrected chi connectivity index (χ3v) is 5.41. The van der Waals surface area contributed by atoms with Crippen LogP contribution in [0.1, 0.15) is 58.9 Å². The van der Waals surface area contributed by atoms with Crippen molar-refractivity contribution in [2.75, 3.05) is 6.61 Å². The SMILES string of the molecule is CCOc1cccn2c(C(=O)C[C@H]3CC(C(=O)O)c4ccccc43)c(C)nc12. The van der Waals surface area contributed by atoms with E-state index in [0.717, 1.165) is 11.1 Å². The number of aliphatic carboxylic acids is 1. The number of hydrogen-bond acceptors (Lipinski definition) is 4. The molecule has 0 amide bonds. The zero-order chi connectivity index (χ0) is 19.8. The number of nitrogens with zero attached hydrogens (tertiary/aromatic N) is 2. The molecule has 1 unspecified atom stereocenters. The summed E-state index contributed by atoms with van der Waals surface area (Å²) in [5.74, 6) is -0.893. The Balaban J connectivity index is 1.68. The Morgan fingerprint density at radius 1 is 1.21 bits per heavy atom. The number of benzene rings is 1. The Kier molecular flexibility index (Phi) is 4.63. The number of carbonyl (C=O) groups excluding carboxylic acids is 1. The van der Waals surface area contributed by atoms with Crippen LogP contribution in [0.2, 0.25) is 0 Å². The lowest BCUT2D eigenvalue weighted by Gasteiger charge is -2.11. The van der Waals surface area contributed by atoms with E-state index >= 15 is 0 Å². The van der Waals surface area contributed by atoms with Gasteiger partial charge in [0, 0.05) is 12.6 Å². The van der Waals surface area contributed by atoms with Crippen molar-refractivity contribution in [3.8, 4) is 5.75 Å². The molecule has 0 saturated carbocycles. The van der Waals surface area contributed by atoms with Crippen LogP contribution in [-0.4, -0.2) is 32.9 Å². The summed E-state index contributed by atoms with van der Waals surface area (Å²) in [5, 5.41) is 9.55. The van der Waals surface area contributed by atoms with E-state index in [9.17, 15) is 14.7 Å². The van der Waals surface area contributed by atoms with Gasteiger partial charge in [-0.25, -0.2) is 4.98 Å². The van der Waals surface area contributed by atoms with E-state index in [4.69, 9.17) is 4.74 Å². The molecule has 6 heteroatoms. The van der Waals surface area contributed by atoms with Gasteiger partial charge in [-0.3, -0.25) is 14.0 Å². The summed E-state index contributed by atoms with van der Waals surface area (Å²) in [6.45, 7) is 4.24. The van der Waals surface area contributed by atoms with Gasteiger partial charge in [0.1, 0.15) is 5.69 Å². The number of ketones is 1. The lowest BCUT2D eigenvalue weighted by Crippen LogP contribution is -2.11. The minimum Gasteiger partial charge on any atom is -0.490 e. The number of carboxylic acid groups (broad SMARTS) is 1. The molecule has 0 saturated heterocycles. The Labute approximate surface area is 162 Å². The molecule has 0 spiro atoms. The van der Waals surface area contributed by atoms with Gasteiger partial charge < -0.3 is 9.84 Å². The lowest BCUT2D eigenvalue weighted by atomic mass is 9.94. The number of fused-ring (bicyclic) bond motifs is 2. The Hall–Kier alpha value is -3.15. The first-order valence-electron chi connectivity index (χ1n) is 9.46. The van der Waals surface area contributed by atoms with Crippen LogP contribution < -0.4 is 4.74 Å². The highest BCUT2D eigenvalue weighted by atomic mass is 16.5. The Morgan fingerprint density at radius 2 is 1.96 bits per heavy atom. The molecular formula is C22H22N2O4. The van der Waals surface area contributed by atoms with Crippen LogP contribution in [0.5, 0.6) is 5.75 Å². The predicted octanol–water partition coefficient (Wildman–Crippen LogP) is 3.97. The fraction of sp³-hybridized carbons (Fsp3) is 0.318. The minimum atomic E-state index is -0.838. The Bertz CT molecular complexity index is 1070. The van der Waals surface area contributed by atoms with Crippen LogP contribution in [0.25, 0.3) is 5.65 Å². The summed E-state index contributed by atoms with van der Waals surface area (Å²) >= 11 is 0. The average molecular weight is 378 g/mol. The van der Waals surface area contributed by atoms with Gasteiger partial charge in [0.2, 0.25) is 0 Å². The number of ether oxygens (including phenoxy) is 1. The largest absolute Gasteiger partial charge is 0.490 e. The van der Waals surface area contributed by atoms with Crippen molar-refractivity contribution in [3.05, 3.63) is 65.1 Å². The third-order valence-electron chi connectivity index (χ3n) is 5.41. The highest BCUT2D eigenvalue weighted by Gasteiger charge is 2.36. The molecule has 28 heavy (non-hydrogen) atoms. The van der Waals surface area contributed by atoms with Gasteiger partial charge in [-0.2, -0.15) is 0 Å². The van der Waals surface area contributed by atoms with Gasteiger partial charge >= 0.3 is 5.97 Å². The van der Waals surface area contributed by atoms with Crippen LogP contribution in [0, 0.1) is 6.92 Å². The Morgan fingerprint density at radius 3 is 2.68 bits per heavy atom. The smallest absolute Gasteiger partial charge is 0.311 e. The van der Waals surface area contributed by atoms with Crippen molar-refractivity contribution >= 4 is 17.4 Å². The molecule has 6 nitrogen and oxygen atoms in total. The second-order valence-corrected chi connectivity index (χ2v) is 7.12. The van der Waals surface area contributed by atoms with E-state index in [1.54, 1.807) is 4.40 Å². The molecular weight excluding hydrogens is 356 g/mol. The highest BCUT2D eigenvalue weighted by Crippen LogP contribution is 2.44. The number of aryl methyl sites for hydroxylation is 1. The van der Waals surface area contributed by atoms with E-state index in [2.05, 4.69) is 4.98 Å². The van der Waals surface area contributed by atoms with Crippen LogP contribution in [-0.2, 0) is 4.79 Å². The maximum atomic E-state index is 13.2. The van der Waals surface area contributed by atoms with Crippen LogP contribution in [0.3, 0.4) is 0 Å². The number of carbonyl (C=O) groups is 2. The first kappa shape index (κ1) is 18.2. The van der Waals surface area contributed by atoms with Crippen molar-refractivity contribution < 1.29 is 19.4 Å². The molecule has 0 bridgehead atoms. The predicted molar refractivity (Wildman–Crippen MR) is 104 cm³/mol. The summed E-state index contributed by atoms with van der Waals surface area (Å²) in [6, 6.07) is 11.2. The maximum absolute atomic E-state index is 13.2. The zero-order valence-corrected chi connectivity index (χ0v) is 15.9. The maximum Gasteiger partial charge on any atom is 0.311 e. The fourth-order valence-corrected chi connectivity index (χ4v) is 4.25. The van der Waals surface area contributed by atoms with Crippen molar-refractivity contribution in [1.82, 2.24) is 9.38 Å². The molecule has 1 aromatic carbocycles. The number of rotatable bonds is 6. The van der Waals surface area contributed by atoms with Gasteiger partial charge in [-0.05, 0) is 49.4 Å². The van der Waals surface area contributed by atoms with Crippen molar-refractivity contribution in [2.45, 2.75) is 38.5 Å². The van der Waals surface area contributed by atoms with Gasteiger partial charge in [0.05, 0.1) is 18.2 Å². The first-order valence-corrected chi connectivity index (χ1v) is 9.46. The molecule has 1 aliphatic carbocycles. The standard InChI is InChI=1S/C22H22N2O4/c1-3-28-19-9-6-10-24-20(13(2)23-21(19)24)18(25)12-14-11-17(22(26)27)16-8-5-4-7-15(14)16/h4-10,14,17H,3,11-12H2,1-2H3,(H,26,27)/t14-,17?/m1/s1. The minimum absolute atomic E-state index is 0.0375. The van der Waals surface area contributed by atoms with Crippen LogP contribution in [0.4, 0.5) is 0 Å². The monoisotopic (exact) mass is 378 g/mol. The molecule has 0 fully saturated rings. The van der Waals surface area contributed by atoms with Gasteiger partial charge in [-0.1, -0.05) is 24.3 Å². The quantitative estimate of drug-likeness (QED) is 0.657. The number of Topliss-reactive ketones (excluding diaryl/α,β-unsaturated/α-hetero) is 1. The molecule has 2 atom stereocenters. The first-order chi connectivity index (χ1) is 13.5. The van der Waals surface area contributed by atoms with E-state index in [1.165, 1.54) is 0 Å². The zero-order valence-electron chi connectivity index (χ0n) is 15.9. The highest BCUT2D eigenvalue weighted by molar-refractivity contribution is 5.97. The summed E-state index contributed by atoms with van der Waals surface area (Å²) < 4.78 is 7.40. The third kappa shape index (κ3) is 2.95. The number of imidazole rings is 1. The molecule has 4 rings (SSSR count). The average Bonchev–Trinajstić information content (AvgIpc) is 3.20. The van der Waals surface area contributed by atoms with E-state index in [1.807, 2.05) is 56.4 Å². The molecule has 2 aromatic heterocycles. The normalized spacial score (nSPS) is 18.2. The summed E-state index contributed by atoms with van der Waals surface area (Å²) in [5.41, 5.74) is 3.59. The molecule has 2 heterocycles. The molecule has 0 radical (unpaired) electrons. The number of aromatic nitrogens is 2. The van der Waals surface area contributed by atoms with Crippen molar-refractivity contribution in [2.24, 2.45) is 0 Å². The van der Waals surface area contributed by atoms with Crippen molar-refractivity contribution in [3.63, 3.8) is 0 Å². The lowest BCUT2D eigenvalue weighted by molar-refractivity contribution is -0.138. The van der Waals surface area contributed by atoms with Crippen LogP contribution >= 0.6 is 0 Å². The number of carboxylic acids is 1. The van der Waals surface area contributed by atoms with Gasteiger partial charge in [0.15, 0.2) is 17.2 Å². The van der Waals surface area contributed by atoms with Gasteiger partial charge in [-0.15, -0.1) is 0 Å². The number of pyridine rings is 1. The fourth-order valence-electron chi connectivity index (χ4n) is 4.25. The number of hydrogen-bond donors (Lipinski definition) is 1. The molecule has 0 aliphatic heterocycles. The summed E-state index contributed by atoms with van der Waals surface area (Å²) in [6.07, 6.45) is 2.52. The van der Waals surface area contributed by atoms with E-state index < -0.39 is 11.9 Å². The van der Waals surface area contributed by atoms with Crippen LogP contribution in [0.15, 0.2) is 42.6 Å². The topological polar surface area (TPSA) is 80.9 Å². The summed E-state index contributed by atoms with van der Waals surface area (Å²) in [4.78, 5) is 29.4. The second-order valence-electron chi connectivity index (χ2n) is 7.12. The molecule has 3 aromatic rings. The molecule has 144 valence electrons. The molecule has 1 aliphatic rings. The second kappa shape index (κ2) is 7.11. The molecule has 1 N–H and O–H groups in total. The van der Waals surface area contributed by atoms with Gasteiger partial charge in [0.25, 0.3) is 0 Å². The summed E-state index contributed by atoms with van der Waals surface area (Å²) in [7, 11) is 0.